The van der Waals surface area contributed by atoms with Crippen LogP contribution in [0.15, 0.2) is 30.3 Å². The zero-order chi connectivity index (χ0) is 15.2. The maximum atomic E-state index is 14.2. The minimum Gasteiger partial charge on any atom is -0.312 e. The van der Waals surface area contributed by atoms with Crippen LogP contribution in [0.2, 0.25) is 0 Å². The van der Waals surface area contributed by atoms with Crippen LogP contribution in [0, 0.1) is 17.5 Å². The highest BCUT2D eigenvalue weighted by molar-refractivity contribution is 5.85. The minimum absolute atomic E-state index is 0. The lowest BCUT2D eigenvalue weighted by molar-refractivity contribution is 0.411. The van der Waals surface area contributed by atoms with Gasteiger partial charge in [0.2, 0.25) is 0 Å². The van der Waals surface area contributed by atoms with Gasteiger partial charge in [0.05, 0.1) is 5.56 Å². The van der Waals surface area contributed by atoms with Gasteiger partial charge in [-0.2, -0.15) is 0 Å². The molecule has 0 amide bonds. The Morgan fingerprint density at radius 3 is 2.23 bits per heavy atom. The van der Waals surface area contributed by atoms with Crippen LogP contribution in [0.25, 0.3) is 11.1 Å². The van der Waals surface area contributed by atoms with Gasteiger partial charge in [0, 0.05) is 18.5 Å². The predicted octanol–water partition coefficient (Wildman–Crippen LogP) is 4.57. The summed E-state index contributed by atoms with van der Waals surface area (Å²) in [5.41, 5.74) is 1.09. The Hall–Kier alpha value is -1.52. The molecule has 5 heteroatoms. The summed E-state index contributed by atoms with van der Waals surface area (Å²) in [6.07, 6.45) is 0. The molecule has 0 atom stereocenters. The Labute approximate surface area is 134 Å². The maximum Gasteiger partial charge on any atom is 0.133 e. The molecule has 0 aliphatic carbocycles. The van der Waals surface area contributed by atoms with E-state index in [1.54, 1.807) is 0 Å². The van der Waals surface area contributed by atoms with E-state index in [0.29, 0.717) is 29.8 Å². The van der Waals surface area contributed by atoms with Crippen molar-refractivity contribution in [3.63, 3.8) is 0 Å². The summed E-state index contributed by atoms with van der Waals surface area (Å²) in [6, 6.07) is 6.52. The molecule has 0 saturated carbocycles. The first kappa shape index (κ1) is 16.8. The second-order valence-corrected chi connectivity index (χ2v) is 6.03. The lowest BCUT2D eigenvalue weighted by Crippen LogP contribution is -2.40. The summed E-state index contributed by atoms with van der Waals surface area (Å²) >= 11 is 0. The molecule has 0 unspecified atom stereocenters. The first-order valence-electron chi connectivity index (χ1n) is 6.89. The van der Waals surface area contributed by atoms with Crippen molar-refractivity contribution >= 4 is 12.4 Å². The molecule has 22 heavy (non-hydrogen) atoms. The molecular formula is C17H17ClF3N. The zero-order valence-corrected chi connectivity index (χ0v) is 13.2. The number of benzene rings is 2. The van der Waals surface area contributed by atoms with Crippen molar-refractivity contribution < 1.29 is 13.2 Å². The number of halogens is 4. The highest BCUT2D eigenvalue weighted by Crippen LogP contribution is 2.38. The highest BCUT2D eigenvalue weighted by atomic mass is 35.5. The molecule has 1 N–H and O–H groups in total. The second kappa shape index (κ2) is 5.94. The fourth-order valence-electron chi connectivity index (χ4n) is 3.11. The number of fused-ring (bicyclic) bond motifs is 1. The molecule has 0 fully saturated rings. The molecule has 1 heterocycles. The van der Waals surface area contributed by atoms with Crippen LogP contribution in [-0.4, -0.2) is 6.54 Å². The lowest BCUT2D eigenvalue weighted by Gasteiger charge is -2.34. The van der Waals surface area contributed by atoms with E-state index in [1.807, 2.05) is 13.8 Å². The van der Waals surface area contributed by atoms with E-state index < -0.39 is 17.0 Å². The largest absolute Gasteiger partial charge is 0.312 e. The Morgan fingerprint density at radius 2 is 1.59 bits per heavy atom. The van der Waals surface area contributed by atoms with Gasteiger partial charge in [-0.15, -0.1) is 12.4 Å². The van der Waals surface area contributed by atoms with Crippen molar-refractivity contribution in [1.29, 1.82) is 0 Å². The van der Waals surface area contributed by atoms with Crippen molar-refractivity contribution in [2.75, 3.05) is 6.54 Å². The van der Waals surface area contributed by atoms with E-state index >= 15 is 0 Å². The predicted molar refractivity (Wildman–Crippen MR) is 83.7 cm³/mol. The summed E-state index contributed by atoms with van der Waals surface area (Å²) in [5, 5.41) is 3.20. The summed E-state index contributed by atoms with van der Waals surface area (Å²) in [5.74, 6) is -1.59. The van der Waals surface area contributed by atoms with Crippen LogP contribution in [0.3, 0.4) is 0 Å². The molecule has 0 aromatic heterocycles. The van der Waals surface area contributed by atoms with Gasteiger partial charge in [0.25, 0.3) is 0 Å². The molecule has 3 rings (SSSR count). The van der Waals surface area contributed by atoms with Crippen LogP contribution < -0.4 is 5.32 Å². The average Bonchev–Trinajstić information content (AvgIpc) is 2.40. The Kier molecular flexibility index (Phi) is 4.54. The van der Waals surface area contributed by atoms with Gasteiger partial charge in [0.15, 0.2) is 0 Å². The van der Waals surface area contributed by atoms with Gasteiger partial charge in [-0.3, -0.25) is 0 Å². The van der Waals surface area contributed by atoms with Crippen LogP contribution in [0.1, 0.15) is 25.0 Å². The summed E-state index contributed by atoms with van der Waals surface area (Å²) < 4.78 is 42.3. The number of hydrogen-bond donors (Lipinski definition) is 1. The van der Waals surface area contributed by atoms with Gasteiger partial charge in [0.1, 0.15) is 17.5 Å². The Morgan fingerprint density at radius 1 is 0.955 bits per heavy atom. The monoisotopic (exact) mass is 327 g/mol. The van der Waals surface area contributed by atoms with Gasteiger partial charge in [-0.1, -0.05) is 26.0 Å². The molecule has 0 saturated heterocycles. The molecule has 2 aromatic carbocycles. The number of hydrogen-bond acceptors (Lipinski definition) is 1. The summed E-state index contributed by atoms with van der Waals surface area (Å²) in [4.78, 5) is 0. The molecule has 2 aromatic rings. The fourth-order valence-corrected chi connectivity index (χ4v) is 3.11. The smallest absolute Gasteiger partial charge is 0.133 e. The van der Waals surface area contributed by atoms with E-state index in [9.17, 15) is 13.2 Å². The third kappa shape index (κ3) is 2.61. The fraction of sp³-hybridized carbons (Fsp3) is 0.294. The topological polar surface area (TPSA) is 12.0 Å². The summed E-state index contributed by atoms with van der Waals surface area (Å²) in [7, 11) is 0. The molecule has 0 spiro atoms. The molecule has 1 nitrogen and oxygen atoms in total. The van der Waals surface area contributed by atoms with Crippen molar-refractivity contribution in [3.8, 4) is 11.1 Å². The first-order valence-corrected chi connectivity index (χ1v) is 6.89. The van der Waals surface area contributed by atoms with Gasteiger partial charge in [-0.05, 0) is 34.9 Å². The minimum atomic E-state index is -0.632. The van der Waals surface area contributed by atoms with E-state index in [0.717, 1.165) is 0 Å². The van der Waals surface area contributed by atoms with Crippen molar-refractivity contribution in [3.05, 3.63) is 58.9 Å². The van der Waals surface area contributed by atoms with Crippen LogP contribution >= 0.6 is 12.4 Å². The Bertz CT molecular complexity index is 693. The maximum absolute atomic E-state index is 14.2. The van der Waals surface area contributed by atoms with Gasteiger partial charge >= 0.3 is 0 Å². The van der Waals surface area contributed by atoms with E-state index in [4.69, 9.17) is 0 Å². The van der Waals surface area contributed by atoms with Crippen molar-refractivity contribution in [2.24, 2.45) is 0 Å². The van der Waals surface area contributed by atoms with Crippen molar-refractivity contribution in [2.45, 2.75) is 25.8 Å². The SMILES string of the molecule is CC1(C)CNCc2c(-c3c(F)cccc3F)ccc(F)c21.Cl. The molecular weight excluding hydrogens is 311 g/mol. The zero-order valence-electron chi connectivity index (χ0n) is 12.3. The van der Waals surface area contributed by atoms with E-state index in [1.165, 1.54) is 30.3 Å². The lowest BCUT2D eigenvalue weighted by atomic mass is 9.76. The van der Waals surface area contributed by atoms with E-state index in [2.05, 4.69) is 5.32 Å². The molecule has 1 aliphatic heterocycles. The summed E-state index contributed by atoms with van der Waals surface area (Å²) in [6.45, 7) is 4.87. The number of rotatable bonds is 1. The third-order valence-corrected chi connectivity index (χ3v) is 4.04. The van der Waals surface area contributed by atoms with Crippen LogP contribution in [0.5, 0.6) is 0 Å². The Balaban J connectivity index is 0.00000176. The number of nitrogens with one attached hydrogen (secondary N) is 1. The molecule has 0 bridgehead atoms. The van der Waals surface area contributed by atoms with Gasteiger partial charge < -0.3 is 5.32 Å². The van der Waals surface area contributed by atoms with Crippen LogP contribution in [-0.2, 0) is 12.0 Å². The van der Waals surface area contributed by atoms with Crippen LogP contribution in [0.4, 0.5) is 13.2 Å². The average molecular weight is 328 g/mol. The third-order valence-electron chi connectivity index (χ3n) is 4.04. The molecule has 118 valence electrons. The first-order chi connectivity index (χ1) is 9.92. The van der Waals surface area contributed by atoms with Gasteiger partial charge in [-0.25, -0.2) is 13.2 Å². The normalized spacial score (nSPS) is 15.9. The molecule has 1 aliphatic rings. The molecule has 0 radical (unpaired) electrons. The standard InChI is InChI=1S/C17H16F3N.ClH/c1-17(2)9-21-8-11-10(6-7-14(20)16(11)17)15-12(18)4-3-5-13(15)19;/h3-7,21H,8-9H2,1-2H3;1H. The quantitative estimate of drug-likeness (QED) is 0.809. The second-order valence-electron chi connectivity index (χ2n) is 6.03. The van der Waals surface area contributed by atoms with E-state index in [-0.39, 0.29) is 23.8 Å². The highest BCUT2D eigenvalue weighted by Gasteiger charge is 2.32. The van der Waals surface area contributed by atoms with Crippen molar-refractivity contribution in [1.82, 2.24) is 5.32 Å².